The average molecular weight is 413 g/mol. The van der Waals surface area contributed by atoms with Crippen molar-refractivity contribution in [3.63, 3.8) is 0 Å². The van der Waals surface area contributed by atoms with Crippen molar-refractivity contribution < 1.29 is 9.59 Å². The van der Waals surface area contributed by atoms with Crippen molar-refractivity contribution in [2.45, 2.75) is 24.2 Å². The molecule has 2 aromatic carbocycles. The molecular formula is C20H20N4O2S2. The van der Waals surface area contributed by atoms with Gasteiger partial charge in [-0.25, -0.2) is 0 Å². The SMILES string of the molecule is CCc1ccc(CNC(=O)CSc2nnc(C(=O)Nc3ccccc3)s2)cc1. The van der Waals surface area contributed by atoms with Gasteiger partial charge in [0.15, 0.2) is 4.34 Å². The summed E-state index contributed by atoms with van der Waals surface area (Å²) < 4.78 is 0.584. The van der Waals surface area contributed by atoms with E-state index in [1.807, 2.05) is 30.3 Å². The Kier molecular flexibility index (Phi) is 7.16. The highest BCUT2D eigenvalue weighted by Crippen LogP contribution is 2.23. The van der Waals surface area contributed by atoms with E-state index < -0.39 is 0 Å². The molecule has 1 heterocycles. The fourth-order valence-electron chi connectivity index (χ4n) is 2.34. The Bertz CT molecular complexity index is 927. The van der Waals surface area contributed by atoms with Crippen LogP contribution >= 0.6 is 23.1 Å². The van der Waals surface area contributed by atoms with E-state index in [-0.39, 0.29) is 22.6 Å². The number of benzene rings is 2. The number of aromatic nitrogens is 2. The van der Waals surface area contributed by atoms with Crippen molar-refractivity contribution in [3.05, 3.63) is 70.7 Å². The maximum Gasteiger partial charge on any atom is 0.286 e. The molecule has 0 bridgehead atoms. The third kappa shape index (κ3) is 5.90. The number of carbonyl (C=O) groups is 2. The molecule has 3 aromatic rings. The molecule has 8 heteroatoms. The predicted molar refractivity (Wildman–Crippen MR) is 113 cm³/mol. The molecule has 0 aliphatic heterocycles. The number of hydrogen-bond acceptors (Lipinski definition) is 6. The normalized spacial score (nSPS) is 10.5. The number of nitrogens with one attached hydrogen (secondary N) is 2. The molecule has 1 aromatic heterocycles. The first kappa shape index (κ1) is 20.0. The van der Waals surface area contributed by atoms with E-state index in [1.54, 1.807) is 12.1 Å². The summed E-state index contributed by atoms with van der Waals surface area (Å²) >= 11 is 2.44. The molecule has 2 N–H and O–H groups in total. The Morgan fingerprint density at radius 3 is 2.43 bits per heavy atom. The monoisotopic (exact) mass is 412 g/mol. The Morgan fingerprint density at radius 2 is 1.71 bits per heavy atom. The van der Waals surface area contributed by atoms with E-state index in [1.165, 1.54) is 28.7 Å². The van der Waals surface area contributed by atoms with Crippen LogP contribution < -0.4 is 10.6 Å². The summed E-state index contributed by atoms with van der Waals surface area (Å²) in [7, 11) is 0. The molecule has 0 fully saturated rings. The number of nitrogens with zero attached hydrogens (tertiary/aromatic N) is 2. The van der Waals surface area contributed by atoms with Crippen molar-refractivity contribution >= 4 is 40.6 Å². The number of para-hydroxylation sites is 1. The Balaban J connectivity index is 1.44. The lowest BCUT2D eigenvalue weighted by Crippen LogP contribution is -2.24. The molecular weight excluding hydrogens is 392 g/mol. The van der Waals surface area contributed by atoms with Crippen LogP contribution in [0.15, 0.2) is 58.9 Å². The zero-order chi connectivity index (χ0) is 19.8. The molecule has 3 rings (SSSR count). The fraction of sp³-hybridized carbons (Fsp3) is 0.200. The Morgan fingerprint density at radius 1 is 1.00 bits per heavy atom. The molecule has 6 nitrogen and oxygen atoms in total. The van der Waals surface area contributed by atoms with E-state index in [0.29, 0.717) is 16.6 Å². The van der Waals surface area contributed by atoms with Gasteiger partial charge in [-0.05, 0) is 29.7 Å². The van der Waals surface area contributed by atoms with Crippen molar-refractivity contribution in [1.82, 2.24) is 15.5 Å². The van der Waals surface area contributed by atoms with Gasteiger partial charge in [0.1, 0.15) is 0 Å². The minimum atomic E-state index is -0.310. The van der Waals surface area contributed by atoms with Crippen LogP contribution in [0.3, 0.4) is 0 Å². The largest absolute Gasteiger partial charge is 0.351 e. The molecule has 0 saturated heterocycles. The number of rotatable bonds is 8. The molecule has 144 valence electrons. The van der Waals surface area contributed by atoms with Gasteiger partial charge >= 0.3 is 0 Å². The van der Waals surface area contributed by atoms with E-state index in [0.717, 1.165) is 12.0 Å². The highest BCUT2D eigenvalue weighted by atomic mass is 32.2. The summed E-state index contributed by atoms with van der Waals surface area (Å²) in [4.78, 5) is 24.2. The van der Waals surface area contributed by atoms with Crippen LogP contribution in [0.25, 0.3) is 0 Å². The van der Waals surface area contributed by atoms with Crippen LogP contribution in [0.4, 0.5) is 5.69 Å². The summed E-state index contributed by atoms with van der Waals surface area (Å²) in [6.07, 6.45) is 0.997. The molecule has 0 radical (unpaired) electrons. The van der Waals surface area contributed by atoms with Crippen LogP contribution in [0.1, 0.15) is 27.9 Å². The fourth-order valence-corrected chi connectivity index (χ4v) is 3.91. The standard InChI is InChI=1S/C20H20N4O2S2/c1-2-14-8-10-15(11-9-14)12-21-17(25)13-27-20-24-23-19(28-20)18(26)22-16-6-4-3-5-7-16/h3-11H,2,12-13H2,1H3,(H,21,25)(H,22,26). The summed E-state index contributed by atoms with van der Waals surface area (Å²) in [5.41, 5.74) is 3.03. The number of aryl methyl sites for hydroxylation is 1. The van der Waals surface area contributed by atoms with Gasteiger partial charge in [-0.2, -0.15) is 0 Å². The minimum Gasteiger partial charge on any atom is -0.351 e. The summed E-state index contributed by atoms with van der Waals surface area (Å²) in [5, 5.41) is 13.8. The van der Waals surface area contributed by atoms with Crippen LogP contribution in [-0.4, -0.2) is 27.8 Å². The lowest BCUT2D eigenvalue weighted by atomic mass is 10.1. The van der Waals surface area contributed by atoms with Gasteiger partial charge in [0.05, 0.1) is 5.75 Å². The number of carbonyl (C=O) groups excluding carboxylic acids is 2. The van der Waals surface area contributed by atoms with Gasteiger partial charge < -0.3 is 10.6 Å². The van der Waals surface area contributed by atoms with Crippen molar-refractivity contribution in [3.8, 4) is 0 Å². The van der Waals surface area contributed by atoms with Gasteiger partial charge in [-0.1, -0.05) is 72.5 Å². The van der Waals surface area contributed by atoms with E-state index in [9.17, 15) is 9.59 Å². The van der Waals surface area contributed by atoms with Gasteiger partial charge in [0.2, 0.25) is 10.9 Å². The Hall–Kier alpha value is -2.71. The van der Waals surface area contributed by atoms with Gasteiger partial charge in [-0.15, -0.1) is 10.2 Å². The lowest BCUT2D eigenvalue weighted by molar-refractivity contribution is -0.118. The van der Waals surface area contributed by atoms with Gasteiger partial charge in [-0.3, -0.25) is 9.59 Å². The molecule has 2 amide bonds. The van der Waals surface area contributed by atoms with Crippen LogP contribution in [0.2, 0.25) is 0 Å². The van der Waals surface area contributed by atoms with Crippen molar-refractivity contribution in [2.75, 3.05) is 11.1 Å². The van der Waals surface area contributed by atoms with E-state index in [2.05, 4.69) is 39.9 Å². The molecule has 0 saturated carbocycles. The topological polar surface area (TPSA) is 84.0 Å². The predicted octanol–water partition coefficient (Wildman–Crippen LogP) is 3.76. The quantitative estimate of drug-likeness (QED) is 0.551. The lowest BCUT2D eigenvalue weighted by Gasteiger charge is -2.05. The number of thioether (sulfide) groups is 1. The first-order valence-corrected chi connectivity index (χ1v) is 10.6. The van der Waals surface area contributed by atoms with Crippen molar-refractivity contribution in [1.29, 1.82) is 0 Å². The third-order valence-electron chi connectivity index (χ3n) is 3.88. The average Bonchev–Trinajstić information content (AvgIpc) is 3.21. The second-order valence-corrected chi connectivity index (χ2v) is 8.13. The maximum atomic E-state index is 12.2. The molecule has 0 aliphatic rings. The maximum absolute atomic E-state index is 12.2. The number of hydrogen-bond donors (Lipinski definition) is 2. The molecule has 0 unspecified atom stereocenters. The summed E-state index contributed by atoms with van der Waals surface area (Å²) in [5.74, 6) is -0.173. The second kappa shape index (κ2) is 10.0. The summed E-state index contributed by atoms with van der Waals surface area (Å²) in [6, 6.07) is 17.3. The van der Waals surface area contributed by atoms with E-state index in [4.69, 9.17) is 0 Å². The van der Waals surface area contributed by atoms with Crippen LogP contribution in [0, 0.1) is 0 Å². The molecule has 28 heavy (non-hydrogen) atoms. The highest BCUT2D eigenvalue weighted by molar-refractivity contribution is 8.01. The number of amides is 2. The third-order valence-corrected chi connectivity index (χ3v) is 5.94. The van der Waals surface area contributed by atoms with Gasteiger partial charge in [0.25, 0.3) is 5.91 Å². The first-order valence-electron chi connectivity index (χ1n) is 8.81. The zero-order valence-electron chi connectivity index (χ0n) is 15.3. The zero-order valence-corrected chi connectivity index (χ0v) is 17.0. The number of anilines is 1. The van der Waals surface area contributed by atoms with E-state index >= 15 is 0 Å². The minimum absolute atomic E-state index is 0.0879. The molecule has 0 atom stereocenters. The molecule has 0 aliphatic carbocycles. The smallest absolute Gasteiger partial charge is 0.286 e. The van der Waals surface area contributed by atoms with Crippen LogP contribution in [0.5, 0.6) is 0 Å². The second-order valence-electron chi connectivity index (χ2n) is 5.93. The first-order chi connectivity index (χ1) is 13.6. The van der Waals surface area contributed by atoms with Crippen LogP contribution in [-0.2, 0) is 17.8 Å². The summed E-state index contributed by atoms with van der Waals surface area (Å²) in [6.45, 7) is 2.60. The Labute approximate surface area is 171 Å². The molecule has 0 spiro atoms. The van der Waals surface area contributed by atoms with Crippen molar-refractivity contribution in [2.24, 2.45) is 0 Å². The van der Waals surface area contributed by atoms with Gasteiger partial charge in [0, 0.05) is 12.2 Å². The highest BCUT2D eigenvalue weighted by Gasteiger charge is 2.14.